The number of hydrogen-bond donors (Lipinski definition) is 0. The van der Waals surface area contributed by atoms with Gasteiger partial charge in [-0.05, 0) is 38.7 Å². The van der Waals surface area contributed by atoms with Gasteiger partial charge in [-0.15, -0.1) is 0 Å². The maximum Gasteiger partial charge on any atom is 0.161 e. The van der Waals surface area contributed by atoms with Crippen LogP contribution in [0.5, 0.6) is 0 Å². The zero-order valence-corrected chi connectivity index (χ0v) is 9.82. The van der Waals surface area contributed by atoms with E-state index in [1.54, 1.807) is 6.92 Å². The Morgan fingerprint density at radius 3 is 3.12 bits per heavy atom. The number of hydrogen-bond acceptors (Lipinski definition) is 2. The summed E-state index contributed by atoms with van der Waals surface area (Å²) < 4.78 is 7.66. The van der Waals surface area contributed by atoms with Gasteiger partial charge in [0.2, 0.25) is 0 Å². The molecule has 0 amide bonds. The molecule has 1 aliphatic heterocycles. The predicted molar refractivity (Wildman–Crippen MR) is 62.6 cm³/mol. The van der Waals surface area contributed by atoms with Crippen LogP contribution in [0.15, 0.2) is 18.5 Å². The van der Waals surface area contributed by atoms with Crippen LogP contribution in [0.1, 0.15) is 43.0 Å². The van der Waals surface area contributed by atoms with Gasteiger partial charge in [-0.2, -0.15) is 0 Å². The molecule has 0 radical (unpaired) electrons. The summed E-state index contributed by atoms with van der Waals surface area (Å²) in [6, 6.07) is 1.88. The maximum absolute atomic E-state index is 11.1. The summed E-state index contributed by atoms with van der Waals surface area (Å²) in [4.78, 5) is 11.1. The molecule has 1 aromatic rings. The SMILES string of the molecule is CC(=O)c1ccn(CCCC2CCCO2)c1. The third-order valence-corrected chi connectivity index (χ3v) is 3.12. The van der Waals surface area contributed by atoms with Crippen LogP contribution in [0.3, 0.4) is 0 Å². The lowest BCUT2D eigenvalue weighted by atomic mass is 10.1. The van der Waals surface area contributed by atoms with E-state index in [0.29, 0.717) is 6.10 Å². The van der Waals surface area contributed by atoms with E-state index in [9.17, 15) is 4.79 Å². The van der Waals surface area contributed by atoms with E-state index < -0.39 is 0 Å². The minimum absolute atomic E-state index is 0.137. The van der Waals surface area contributed by atoms with Gasteiger partial charge in [0.15, 0.2) is 5.78 Å². The summed E-state index contributed by atoms with van der Waals surface area (Å²) in [7, 11) is 0. The highest BCUT2D eigenvalue weighted by molar-refractivity contribution is 5.93. The van der Waals surface area contributed by atoms with E-state index in [2.05, 4.69) is 4.57 Å². The molecule has 0 aliphatic carbocycles. The van der Waals surface area contributed by atoms with Crippen molar-refractivity contribution in [3.8, 4) is 0 Å². The normalized spacial score (nSPS) is 20.2. The molecule has 1 aromatic heterocycles. The first-order valence-electron chi connectivity index (χ1n) is 6.04. The van der Waals surface area contributed by atoms with E-state index in [1.807, 2.05) is 18.5 Å². The molecule has 0 aromatic carbocycles. The zero-order chi connectivity index (χ0) is 11.4. The van der Waals surface area contributed by atoms with Crippen LogP contribution in [0.25, 0.3) is 0 Å². The predicted octanol–water partition coefficient (Wildman–Crippen LogP) is 2.65. The first-order valence-corrected chi connectivity index (χ1v) is 6.04. The summed E-state index contributed by atoms with van der Waals surface area (Å²) >= 11 is 0. The second-order valence-electron chi connectivity index (χ2n) is 4.47. The Bertz CT molecular complexity index is 351. The van der Waals surface area contributed by atoms with Crippen LogP contribution >= 0.6 is 0 Å². The van der Waals surface area contributed by atoms with Gasteiger partial charge < -0.3 is 9.30 Å². The van der Waals surface area contributed by atoms with Crippen LogP contribution in [0.2, 0.25) is 0 Å². The molecular formula is C13H19NO2. The Hall–Kier alpha value is -1.09. The highest BCUT2D eigenvalue weighted by Gasteiger charge is 2.14. The van der Waals surface area contributed by atoms with Crippen LogP contribution in [0.4, 0.5) is 0 Å². The van der Waals surface area contributed by atoms with Gasteiger partial charge in [-0.1, -0.05) is 0 Å². The molecule has 1 saturated heterocycles. The monoisotopic (exact) mass is 221 g/mol. The van der Waals surface area contributed by atoms with Crippen molar-refractivity contribution in [3.05, 3.63) is 24.0 Å². The molecule has 1 fully saturated rings. The smallest absolute Gasteiger partial charge is 0.161 e. The van der Waals surface area contributed by atoms with Crippen molar-refractivity contribution in [1.82, 2.24) is 4.57 Å². The standard InChI is InChI=1S/C13H19NO2/c1-11(15)12-6-8-14(10-12)7-2-4-13-5-3-9-16-13/h6,8,10,13H,2-5,7,9H2,1H3. The van der Waals surface area contributed by atoms with Crippen molar-refractivity contribution in [2.24, 2.45) is 0 Å². The van der Waals surface area contributed by atoms with Gasteiger partial charge in [0, 0.05) is 31.1 Å². The average molecular weight is 221 g/mol. The Labute approximate surface area is 96.4 Å². The van der Waals surface area contributed by atoms with E-state index in [1.165, 1.54) is 12.8 Å². The Morgan fingerprint density at radius 2 is 2.50 bits per heavy atom. The van der Waals surface area contributed by atoms with Gasteiger partial charge >= 0.3 is 0 Å². The van der Waals surface area contributed by atoms with Crippen molar-refractivity contribution in [2.75, 3.05) is 6.61 Å². The molecule has 0 N–H and O–H groups in total. The molecule has 0 bridgehead atoms. The van der Waals surface area contributed by atoms with E-state index in [-0.39, 0.29) is 5.78 Å². The first-order chi connectivity index (χ1) is 7.75. The minimum Gasteiger partial charge on any atom is -0.378 e. The summed E-state index contributed by atoms with van der Waals surface area (Å²) in [6.45, 7) is 3.52. The Balaban J connectivity index is 1.74. The van der Waals surface area contributed by atoms with Gasteiger partial charge in [0.1, 0.15) is 0 Å². The third kappa shape index (κ3) is 2.95. The average Bonchev–Trinajstić information content (AvgIpc) is 2.87. The van der Waals surface area contributed by atoms with Crippen LogP contribution < -0.4 is 0 Å². The lowest BCUT2D eigenvalue weighted by molar-refractivity contribution is 0.101. The fourth-order valence-corrected chi connectivity index (χ4v) is 2.16. The Kier molecular flexibility index (Phi) is 3.78. The number of carbonyl (C=O) groups is 1. The summed E-state index contributed by atoms with van der Waals surface area (Å²) in [5.41, 5.74) is 0.803. The molecule has 1 atom stereocenters. The van der Waals surface area contributed by atoms with Crippen LogP contribution in [0, 0.1) is 0 Å². The molecule has 3 nitrogen and oxygen atoms in total. The van der Waals surface area contributed by atoms with Crippen molar-refractivity contribution in [1.29, 1.82) is 0 Å². The van der Waals surface area contributed by atoms with E-state index in [0.717, 1.165) is 31.6 Å². The largest absolute Gasteiger partial charge is 0.378 e. The number of carbonyl (C=O) groups excluding carboxylic acids is 1. The minimum atomic E-state index is 0.137. The van der Waals surface area contributed by atoms with Crippen molar-refractivity contribution in [2.45, 2.75) is 45.3 Å². The highest BCUT2D eigenvalue weighted by atomic mass is 16.5. The quantitative estimate of drug-likeness (QED) is 0.716. The number of Topliss-reactive ketones (excluding diaryl/α,β-unsaturated/α-hetero) is 1. The van der Waals surface area contributed by atoms with E-state index in [4.69, 9.17) is 4.74 Å². The lowest BCUT2D eigenvalue weighted by Gasteiger charge is -2.08. The van der Waals surface area contributed by atoms with Crippen molar-refractivity contribution >= 4 is 5.78 Å². The molecule has 88 valence electrons. The fourth-order valence-electron chi connectivity index (χ4n) is 2.16. The van der Waals surface area contributed by atoms with Crippen molar-refractivity contribution in [3.63, 3.8) is 0 Å². The maximum atomic E-state index is 11.1. The molecule has 1 unspecified atom stereocenters. The number of aryl methyl sites for hydroxylation is 1. The summed E-state index contributed by atoms with van der Waals surface area (Å²) in [6.07, 6.45) is 9.06. The van der Waals surface area contributed by atoms with E-state index >= 15 is 0 Å². The first kappa shape index (κ1) is 11.4. The van der Waals surface area contributed by atoms with Gasteiger partial charge in [-0.3, -0.25) is 4.79 Å². The Morgan fingerprint density at radius 1 is 1.62 bits per heavy atom. The van der Waals surface area contributed by atoms with Gasteiger partial charge in [0.05, 0.1) is 6.10 Å². The molecule has 2 rings (SSSR count). The number of aromatic nitrogens is 1. The van der Waals surface area contributed by atoms with Crippen molar-refractivity contribution < 1.29 is 9.53 Å². The summed E-state index contributed by atoms with van der Waals surface area (Å²) in [5.74, 6) is 0.137. The second-order valence-corrected chi connectivity index (χ2v) is 4.47. The molecule has 2 heterocycles. The molecule has 0 spiro atoms. The number of ether oxygens (including phenoxy) is 1. The molecule has 0 saturated carbocycles. The van der Waals surface area contributed by atoms with Gasteiger partial charge in [-0.25, -0.2) is 0 Å². The zero-order valence-electron chi connectivity index (χ0n) is 9.82. The molecule has 3 heteroatoms. The fraction of sp³-hybridized carbons (Fsp3) is 0.615. The lowest BCUT2D eigenvalue weighted by Crippen LogP contribution is -2.06. The number of rotatable bonds is 5. The van der Waals surface area contributed by atoms with Gasteiger partial charge in [0.25, 0.3) is 0 Å². The van der Waals surface area contributed by atoms with Crippen LogP contribution in [-0.2, 0) is 11.3 Å². The molecule has 1 aliphatic rings. The van der Waals surface area contributed by atoms with Crippen LogP contribution in [-0.4, -0.2) is 23.1 Å². The highest BCUT2D eigenvalue weighted by Crippen LogP contribution is 2.17. The topological polar surface area (TPSA) is 31.2 Å². The molecular weight excluding hydrogens is 202 g/mol. The molecule has 16 heavy (non-hydrogen) atoms. The second kappa shape index (κ2) is 5.30. The third-order valence-electron chi connectivity index (χ3n) is 3.12. The number of ketones is 1. The number of nitrogens with zero attached hydrogens (tertiary/aromatic N) is 1. The summed E-state index contributed by atoms with van der Waals surface area (Å²) in [5, 5.41) is 0.